The minimum absolute atomic E-state index is 0.0221. The minimum atomic E-state index is -3.69. The number of aryl methyl sites for hydroxylation is 1. The number of nitrogens with one attached hydrogen (secondary N) is 2. The lowest BCUT2D eigenvalue weighted by Gasteiger charge is -2.16. The molecule has 0 aliphatic rings. The van der Waals surface area contributed by atoms with E-state index in [2.05, 4.69) is 10.0 Å². The summed E-state index contributed by atoms with van der Waals surface area (Å²) >= 11 is 0. The Labute approximate surface area is 154 Å². The largest absolute Gasteiger partial charge is 0.481 e. The summed E-state index contributed by atoms with van der Waals surface area (Å²) in [5.74, 6) is 0.198. The van der Waals surface area contributed by atoms with Gasteiger partial charge >= 0.3 is 0 Å². The monoisotopic (exact) mass is 376 g/mol. The number of carbonyl (C=O) groups excluding carboxylic acids is 1. The Hall–Kier alpha value is -2.54. The third kappa shape index (κ3) is 5.49. The molecule has 0 aromatic heterocycles. The van der Waals surface area contributed by atoms with Gasteiger partial charge in [0.05, 0.1) is 4.90 Å². The zero-order valence-electron chi connectivity index (χ0n) is 15.3. The van der Waals surface area contributed by atoms with E-state index in [0.29, 0.717) is 11.4 Å². The number of benzene rings is 2. The summed E-state index contributed by atoms with van der Waals surface area (Å²) in [7, 11) is -3.69. The predicted octanol–water partition coefficient (Wildman–Crippen LogP) is 3.09. The van der Waals surface area contributed by atoms with E-state index < -0.39 is 16.1 Å². The molecule has 0 spiro atoms. The maximum absolute atomic E-state index is 12.4. The fourth-order valence-corrected chi connectivity index (χ4v) is 3.25. The molecule has 0 bridgehead atoms. The van der Waals surface area contributed by atoms with Gasteiger partial charge in [-0.25, -0.2) is 8.42 Å². The summed E-state index contributed by atoms with van der Waals surface area (Å²) in [6.07, 6.45) is -0.675. The smallest absolute Gasteiger partial charge is 0.261 e. The topological polar surface area (TPSA) is 84.5 Å². The summed E-state index contributed by atoms with van der Waals surface area (Å²) in [4.78, 5) is 12.0. The van der Waals surface area contributed by atoms with Gasteiger partial charge in [0, 0.05) is 11.7 Å². The molecule has 0 saturated heterocycles. The van der Waals surface area contributed by atoms with E-state index in [1.807, 2.05) is 32.9 Å². The highest BCUT2D eigenvalue weighted by molar-refractivity contribution is 7.92. The zero-order chi connectivity index (χ0) is 19.3. The first-order valence-corrected chi connectivity index (χ1v) is 9.82. The number of anilines is 1. The minimum Gasteiger partial charge on any atom is -0.481 e. The summed E-state index contributed by atoms with van der Waals surface area (Å²) in [5, 5.41) is 2.76. The van der Waals surface area contributed by atoms with Crippen LogP contribution in [0, 0.1) is 6.92 Å². The van der Waals surface area contributed by atoms with Gasteiger partial charge in [-0.2, -0.15) is 0 Å². The van der Waals surface area contributed by atoms with E-state index >= 15 is 0 Å². The number of ether oxygens (including phenoxy) is 1. The molecule has 26 heavy (non-hydrogen) atoms. The molecule has 0 aliphatic carbocycles. The van der Waals surface area contributed by atoms with Crippen molar-refractivity contribution in [2.75, 3.05) is 4.72 Å². The molecule has 0 heterocycles. The maximum atomic E-state index is 12.4. The van der Waals surface area contributed by atoms with Crippen molar-refractivity contribution in [2.45, 2.75) is 44.7 Å². The molecule has 1 amide bonds. The van der Waals surface area contributed by atoms with E-state index in [-0.39, 0.29) is 16.8 Å². The van der Waals surface area contributed by atoms with E-state index in [9.17, 15) is 13.2 Å². The Balaban J connectivity index is 2.05. The van der Waals surface area contributed by atoms with E-state index in [0.717, 1.165) is 5.56 Å². The molecule has 7 heteroatoms. The third-order valence-electron chi connectivity index (χ3n) is 3.55. The van der Waals surface area contributed by atoms with Crippen LogP contribution in [0.3, 0.4) is 0 Å². The molecule has 2 aromatic rings. The SMILES string of the molecule is Cc1ccc(NS(=O)(=O)c2ccc(O[C@@H](C)C(=O)NC(C)C)cc2)cc1. The van der Waals surface area contributed by atoms with Crippen molar-refractivity contribution < 1.29 is 17.9 Å². The number of rotatable bonds is 7. The van der Waals surface area contributed by atoms with Crippen LogP contribution in [0.4, 0.5) is 5.69 Å². The first-order chi connectivity index (χ1) is 12.2. The van der Waals surface area contributed by atoms with Crippen LogP contribution in [0.2, 0.25) is 0 Å². The van der Waals surface area contributed by atoms with Gasteiger partial charge in [0.2, 0.25) is 0 Å². The average molecular weight is 376 g/mol. The molecular formula is C19H24N2O4S. The van der Waals surface area contributed by atoms with Crippen LogP contribution in [0.1, 0.15) is 26.3 Å². The Bertz CT molecular complexity index is 844. The highest BCUT2D eigenvalue weighted by Gasteiger charge is 2.17. The van der Waals surface area contributed by atoms with Crippen LogP contribution in [-0.2, 0) is 14.8 Å². The second-order valence-electron chi connectivity index (χ2n) is 6.37. The molecule has 1 atom stereocenters. The summed E-state index contributed by atoms with van der Waals surface area (Å²) in [5.41, 5.74) is 1.54. The molecule has 0 radical (unpaired) electrons. The Morgan fingerprint density at radius 2 is 1.54 bits per heavy atom. The molecule has 6 nitrogen and oxygen atoms in total. The van der Waals surface area contributed by atoms with Gasteiger partial charge in [0.1, 0.15) is 5.75 Å². The van der Waals surface area contributed by atoms with E-state index in [4.69, 9.17) is 4.74 Å². The summed E-state index contributed by atoms with van der Waals surface area (Å²) < 4.78 is 32.9. The fraction of sp³-hybridized carbons (Fsp3) is 0.316. The lowest BCUT2D eigenvalue weighted by Crippen LogP contribution is -2.40. The lowest BCUT2D eigenvalue weighted by molar-refractivity contribution is -0.127. The molecule has 0 fully saturated rings. The first-order valence-electron chi connectivity index (χ1n) is 8.34. The Kier molecular flexibility index (Phi) is 6.26. The van der Waals surface area contributed by atoms with Gasteiger partial charge in [0.25, 0.3) is 15.9 Å². The lowest BCUT2D eigenvalue weighted by atomic mass is 10.2. The van der Waals surface area contributed by atoms with Crippen LogP contribution >= 0.6 is 0 Å². The summed E-state index contributed by atoms with van der Waals surface area (Å²) in [6, 6.07) is 13.0. The number of hydrogen-bond acceptors (Lipinski definition) is 4. The van der Waals surface area contributed by atoms with Crippen molar-refractivity contribution in [3.63, 3.8) is 0 Å². The second kappa shape index (κ2) is 8.23. The fourth-order valence-electron chi connectivity index (χ4n) is 2.19. The number of amides is 1. The maximum Gasteiger partial charge on any atom is 0.261 e. The third-order valence-corrected chi connectivity index (χ3v) is 4.95. The number of hydrogen-bond donors (Lipinski definition) is 2. The Morgan fingerprint density at radius 3 is 2.08 bits per heavy atom. The highest BCUT2D eigenvalue weighted by atomic mass is 32.2. The van der Waals surface area contributed by atoms with Crippen molar-refractivity contribution in [1.82, 2.24) is 5.32 Å². The van der Waals surface area contributed by atoms with Gasteiger partial charge in [-0.3, -0.25) is 9.52 Å². The van der Waals surface area contributed by atoms with Gasteiger partial charge in [0.15, 0.2) is 6.10 Å². The zero-order valence-corrected chi connectivity index (χ0v) is 16.1. The first kappa shape index (κ1) is 19.8. The van der Waals surface area contributed by atoms with Gasteiger partial charge in [-0.1, -0.05) is 17.7 Å². The van der Waals surface area contributed by atoms with Crippen LogP contribution in [-0.4, -0.2) is 26.5 Å². The normalized spacial score (nSPS) is 12.5. The van der Waals surface area contributed by atoms with Crippen LogP contribution in [0.15, 0.2) is 53.4 Å². The molecule has 2 N–H and O–H groups in total. The van der Waals surface area contributed by atoms with Crippen molar-refractivity contribution >= 4 is 21.6 Å². The van der Waals surface area contributed by atoms with Crippen LogP contribution < -0.4 is 14.8 Å². The van der Waals surface area contributed by atoms with Crippen LogP contribution in [0.5, 0.6) is 5.75 Å². The molecule has 0 unspecified atom stereocenters. The molecular weight excluding hydrogens is 352 g/mol. The van der Waals surface area contributed by atoms with Gasteiger partial charge in [-0.15, -0.1) is 0 Å². The summed E-state index contributed by atoms with van der Waals surface area (Å²) in [6.45, 7) is 7.30. The van der Waals surface area contributed by atoms with Crippen molar-refractivity contribution in [3.05, 3.63) is 54.1 Å². The molecule has 0 saturated carbocycles. The van der Waals surface area contributed by atoms with E-state index in [1.165, 1.54) is 24.3 Å². The van der Waals surface area contributed by atoms with Gasteiger partial charge in [-0.05, 0) is 64.1 Å². The van der Waals surface area contributed by atoms with Crippen molar-refractivity contribution in [1.29, 1.82) is 0 Å². The highest BCUT2D eigenvalue weighted by Crippen LogP contribution is 2.20. The van der Waals surface area contributed by atoms with Crippen molar-refractivity contribution in [2.24, 2.45) is 0 Å². The molecule has 2 rings (SSSR count). The number of carbonyl (C=O) groups is 1. The molecule has 140 valence electrons. The predicted molar refractivity (Wildman–Crippen MR) is 102 cm³/mol. The molecule has 2 aromatic carbocycles. The Morgan fingerprint density at radius 1 is 0.962 bits per heavy atom. The molecule has 0 aliphatic heterocycles. The quantitative estimate of drug-likeness (QED) is 0.778. The number of sulfonamides is 1. The average Bonchev–Trinajstić information content (AvgIpc) is 2.56. The van der Waals surface area contributed by atoms with Gasteiger partial charge < -0.3 is 10.1 Å². The second-order valence-corrected chi connectivity index (χ2v) is 8.05. The van der Waals surface area contributed by atoms with Crippen molar-refractivity contribution in [3.8, 4) is 5.75 Å². The van der Waals surface area contributed by atoms with Crippen LogP contribution in [0.25, 0.3) is 0 Å². The standard InChI is InChI=1S/C19H24N2O4S/c1-13(2)20-19(22)15(4)25-17-9-11-18(12-10-17)26(23,24)21-16-7-5-14(3)6-8-16/h5-13,15,21H,1-4H3,(H,20,22)/t15-/m0/s1. The van der Waals surface area contributed by atoms with E-state index in [1.54, 1.807) is 19.1 Å².